The number of nitrogens with zero attached hydrogens (tertiary/aromatic N) is 1. The van der Waals surface area contributed by atoms with E-state index in [1.54, 1.807) is 0 Å². The molecule has 5 nitrogen and oxygen atoms in total. The van der Waals surface area contributed by atoms with E-state index in [1.807, 2.05) is 0 Å². The van der Waals surface area contributed by atoms with Crippen LogP contribution in [-0.2, 0) is 0 Å². The fourth-order valence-electron chi connectivity index (χ4n) is 0.905. The van der Waals surface area contributed by atoms with Gasteiger partial charge in [0.2, 0.25) is 5.75 Å². The van der Waals surface area contributed by atoms with Crippen LogP contribution in [-0.4, -0.2) is 17.1 Å². The fourth-order valence-corrected chi connectivity index (χ4v) is 2.33. The van der Waals surface area contributed by atoms with Crippen molar-refractivity contribution in [2.45, 2.75) is 0 Å². The largest absolute Gasteiger partial charge is 0.501 e. The summed E-state index contributed by atoms with van der Waals surface area (Å²) < 4.78 is 5.47. The number of ether oxygens (including phenoxy) is 1. The standard InChI is InChI=1S/C7H5Br2NO4/c1-14-7-3(8)2-4(10(12)13)6(11)5(7)9/h2,11H,1H3. The van der Waals surface area contributed by atoms with Gasteiger partial charge in [-0.1, -0.05) is 0 Å². The molecule has 1 aromatic carbocycles. The molecule has 0 radical (unpaired) electrons. The Bertz CT molecular complexity index is 394. The molecule has 1 rings (SSSR count). The van der Waals surface area contributed by atoms with E-state index in [0.29, 0.717) is 10.2 Å². The lowest BCUT2D eigenvalue weighted by atomic mass is 10.3. The predicted octanol–water partition coefficient (Wildman–Crippen LogP) is 2.83. The number of nitro benzene ring substituents is 1. The number of nitro groups is 1. The lowest BCUT2D eigenvalue weighted by Crippen LogP contribution is -1.93. The zero-order chi connectivity index (χ0) is 10.9. The summed E-state index contributed by atoms with van der Waals surface area (Å²) in [5, 5.41) is 19.9. The Kier molecular flexibility index (Phi) is 3.33. The van der Waals surface area contributed by atoms with Gasteiger partial charge in [0, 0.05) is 6.07 Å². The van der Waals surface area contributed by atoms with Crippen LogP contribution >= 0.6 is 31.9 Å². The summed E-state index contributed by atoms with van der Waals surface area (Å²) in [5.74, 6) is -0.136. The van der Waals surface area contributed by atoms with Gasteiger partial charge in [-0.2, -0.15) is 0 Å². The van der Waals surface area contributed by atoms with Crippen LogP contribution in [0.25, 0.3) is 0 Å². The molecular weight excluding hydrogens is 322 g/mol. The van der Waals surface area contributed by atoms with Crippen LogP contribution < -0.4 is 4.74 Å². The van der Waals surface area contributed by atoms with Crippen LogP contribution in [0.15, 0.2) is 15.0 Å². The molecule has 1 N–H and O–H groups in total. The van der Waals surface area contributed by atoms with Gasteiger partial charge in [0.25, 0.3) is 0 Å². The highest BCUT2D eigenvalue weighted by Gasteiger charge is 2.22. The molecule has 0 atom stereocenters. The lowest BCUT2D eigenvalue weighted by Gasteiger charge is -2.07. The number of benzene rings is 1. The van der Waals surface area contributed by atoms with Gasteiger partial charge in [-0.05, 0) is 31.9 Å². The molecule has 0 unspecified atom stereocenters. The van der Waals surface area contributed by atoms with Crippen molar-refractivity contribution in [2.75, 3.05) is 7.11 Å². The average molecular weight is 327 g/mol. The van der Waals surface area contributed by atoms with Crippen molar-refractivity contribution in [2.24, 2.45) is 0 Å². The van der Waals surface area contributed by atoms with Gasteiger partial charge in [0.05, 0.1) is 16.5 Å². The minimum absolute atomic E-state index is 0.154. The molecule has 0 fully saturated rings. The maximum atomic E-state index is 10.5. The number of phenolic OH excluding ortho intramolecular Hbond substituents is 1. The van der Waals surface area contributed by atoms with E-state index in [1.165, 1.54) is 13.2 Å². The molecule has 0 spiro atoms. The SMILES string of the molecule is COc1c(Br)cc([N+](=O)[O-])c(O)c1Br. The van der Waals surface area contributed by atoms with Crippen molar-refractivity contribution >= 4 is 37.5 Å². The van der Waals surface area contributed by atoms with Gasteiger partial charge in [-0.3, -0.25) is 10.1 Å². The van der Waals surface area contributed by atoms with Gasteiger partial charge >= 0.3 is 5.69 Å². The van der Waals surface area contributed by atoms with Crippen LogP contribution in [0.3, 0.4) is 0 Å². The molecule has 0 aliphatic carbocycles. The van der Waals surface area contributed by atoms with E-state index in [9.17, 15) is 15.2 Å². The Morgan fingerprint density at radius 3 is 2.57 bits per heavy atom. The minimum atomic E-state index is -0.676. The van der Waals surface area contributed by atoms with Gasteiger partial charge in [-0.25, -0.2) is 0 Å². The van der Waals surface area contributed by atoms with Crippen LogP contribution in [0, 0.1) is 10.1 Å². The van der Waals surface area contributed by atoms with Crippen molar-refractivity contribution in [1.29, 1.82) is 0 Å². The van der Waals surface area contributed by atoms with Crippen LogP contribution in [0.1, 0.15) is 0 Å². The maximum Gasteiger partial charge on any atom is 0.313 e. The molecule has 0 aliphatic heterocycles. The molecule has 0 saturated heterocycles. The summed E-state index contributed by atoms with van der Waals surface area (Å²) in [5.41, 5.74) is -0.385. The number of hydrogen-bond acceptors (Lipinski definition) is 4. The minimum Gasteiger partial charge on any atom is -0.501 e. The smallest absolute Gasteiger partial charge is 0.313 e. The van der Waals surface area contributed by atoms with Gasteiger partial charge in [-0.15, -0.1) is 0 Å². The van der Waals surface area contributed by atoms with E-state index >= 15 is 0 Å². The summed E-state index contributed by atoms with van der Waals surface area (Å²) in [6.07, 6.45) is 0. The van der Waals surface area contributed by atoms with Gasteiger partial charge < -0.3 is 9.84 Å². The highest BCUT2D eigenvalue weighted by molar-refractivity contribution is 9.11. The van der Waals surface area contributed by atoms with Crippen LogP contribution in [0.2, 0.25) is 0 Å². The summed E-state index contributed by atoms with van der Waals surface area (Å²) in [6, 6.07) is 1.18. The van der Waals surface area contributed by atoms with E-state index in [-0.39, 0.29) is 10.2 Å². The number of phenols is 1. The molecule has 0 saturated carbocycles. The molecule has 76 valence electrons. The second-order valence-corrected chi connectivity index (χ2v) is 3.98. The molecule has 0 amide bonds. The van der Waals surface area contributed by atoms with Crippen molar-refractivity contribution < 1.29 is 14.8 Å². The monoisotopic (exact) mass is 325 g/mol. The number of methoxy groups -OCH3 is 1. The lowest BCUT2D eigenvalue weighted by molar-refractivity contribution is -0.386. The second-order valence-electron chi connectivity index (χ2n) is 2.33. The number of rotatable bonds is 2. The van der Waals surface area contributed by atoms with Crippen molar-refractivity contribution in [3.05, 3.63) is 25.1 Å². The van der Waals surface area contributed by atoms with Crippen molar-refractivity contribution in [3.63, 3.8) is 0 Å². The summed E-state index contributed by atoms with van der Waals surface area (Å²) in [4.78, 5) is 9.81. The predicted molar refractivity (Wildman–Crippen MR) is 56.7 cm³/mol. The molecule has 14 heavy (non-hydrogen) atoms. The first-order chi connectivity index (χ1) is 6.49. The highest BCUT2D eigenvalue weighted by atomic mass is 79.9. The van der Waals surface area contributed by atoms with Crippen LogP contribution in [0.4, 0.5) is 5.69 Å². The van der Waals surface area contributed by atoms with Gasteiger partial charge in [0.15, 0.2) is 5.75 Å². The summed E-state index contributed by atoms with van der Waals surface area (Å²) >= 11 is 6.09. The first kappa shape index (κ1) is 11.3. The third-order valence-corrected chi connectivity index (χ3v) is 2.86. The second kappa shape index (κ2) is 4.14. The van der Waals surface area contributed by atoms with E-state index in [4.69, 9.17) is 4.74 Å². The van der Waals surface area contributed by atoms with E-state index in [0.717, 1.165) is 0 Å². The van der Waals surface area contributed by atoms with E-state index < -0.39 is 10.7 Å². The highest BCUT2D eigenvalue weighted by Crippen LogP contribution is 2.45. The van der Waals surface area contributed by atoms with E-state index in [2.05, 4.69) is 31.9 Å². The normalized spacial score (nSPS) is 9.93. The molecule has 0 bridgehead atoms. The quantitative estimate of drug-likeness (QED) is 0.670. The molecule has 1 aromatic rings. The Balaban J connectivity index is 3.47. The number of aromatic hydroxyl groups is 1. The topological polar surface area (TPSA) is 72.6 Å². The summed E-state index contributed by atoms with van der Waals surface area (Å²) in [6.45, 7) is 0. The first-order valence-electron chi connectivity index (χ1n) is 3.38. The van der Waals surface area contributed by atoms with Gasteiger partial charge in [0.1, 0.15) is 4.47 Å². The molecule has 0 aliphatic rings. The Hall–Kier alpha value is -0.820. The summed E-state index contributed by atoms with van der Waals surface area (Å²) in [7, 11) is 1.40. The third-order valence-electron chi connectivity index (χ3n) is 1.53. The molecule has 7 heteroatoms. The molecule has 0 heterocycles. The Morgan fingerprint density at radius 2 is 2.14 bits per heavy atom. The number of halogens is 2. The van der Waals surface area contributed by atoms with Crippen molar-refractivity contribution in [3.8, 4) is 11.5 Å². The number of hydrogen-bond donors (Lipinski definition) is 1. The first-order valence-corrected chi connectivity index (χ1v) is 4.97. The zero-order valence-electron chi connectivity index (χ0n) is 6.95. The van der Waals surface area contributed by atoms with Crippen molar-refractivity contribution in [1.82, 2.24) is 0 Å². The van der Waals surface area contributed by atoms with Crippen LogP contribution in [0.5, 0.6) is 11.5 Å². The fraction of sp³-hybridized carbons (Fsp3) is 0.143. The maximum absolute atomic E-state index is 10.5. The Labute approximate surface area is 96.1 Å². The zero-order valence-corrected chi connectivity index (χ0v) is 10.1. The third kappa shape index (κ3) is 1.83. The Morgan fingerprint density at radius 1 is 1.57 bits per heavy atom. The average Bonchev–Trinajstić information content (AvgIpc) is 2.12. The molecule has 0 aromatic heterocycles. The molecular formula is C7H5Br2NO4.